The number of benzene rings is 1. The molecule has 0 bridgehead atoms. The second-order valence-electron chi connectivity index (χ2n) is 4.74. The average molecular weight is 297 g/mol. The third-order valence-electron chi connectivity index (χ3n) is 3.51. The Morgan fingerprint density at radius 1 is 1.24 bits per heavy atom. The number of aliphatic carboxylic acids is 1. The van der Waals surface area contributed by atoms with Crippen molar-refractivity contribution in [1.82, 2.24) is 0 Å². The van der Waals surface area contributed by atoms with Gasteiger partial charge in [-0.05, 0) is 24.8 Å². The first-order chi connectivity index (χ1) is 9.98. The van der Waals surface area contributed by atoms with E-state index in [-0.39, 0.29) is 5.92 Å². The SMILES string of the molecule is CCC(CC(N)C(=O)O)c1cc(OC)cc(OC)c1OC. The molecule has 2 atom stereocenters. The molecule has 118 valence electrons. The van der Waals surface area contributed by atoms with E-state index in [0.29, 0.717) is 23.7 Å². The van der Waals surface area contributed by atoms with Crippen LogP contribution in [0.2, 0.25) is 0 Å². The van der Waals surface area contributed by atoms with Crippen LogP contribution in [0, 0.1) is 0 Å². The number of hydrogen-bond acceptors (Lipinski definition) is 5. The molecule has 0 heterocycles. The van der Waals surface area contributed by atoms with Gasteiger partial charge in [0, 0.05) is 11.6 Å². The fourth-order valence-electron chi connectivity index (χ4n) is 2.31. The van der Waals surface area contributed by atoms with Crippen molar-refractivity contribution in [3.05, 3.63) is 17.7 Å². The molecule has 0 aliphatic carbocycles. The Labute approximate surface area is 124 Å². The number of nitrogens with two attached hydrogens (primary N) is 1. The van der Waals surface area contributed by atoms with Crippen molar-refractivity contribution in [1.29, 1.82) is 0 Å². The van der Waals surface area contributed by atoms with Crippen LogP contribution in [0.25, 0.3) is 0 Å². The number of methoxy groups -OCH3 is 3. The molecule has 0 aromatic heterocycles. The summed E-state index contributed by atoms with van der Waals surface area (Å²) < 4.78 is 16.0. The minimum atomic E-state index is -1.01. The van der Waals surface area contributed by atoms with Crippen LogP contribution in [-0.4, -0.2) is 38.4 Å². The molecule has 6 nitrogen and oxygen atoms in total. The van der Waals surface area contributed by atoms with Crippen molar-refractivity contribution in [3.8, 4) is 17.2 Å². The summed E-state index contributed by atoms with van der Waals surface area (Å²) in [5, 5.41) is 9.00. The van der Waals surface area contributed by atoms with Gasteiger partial charge in [0.2, 0.25) is 0 Å². The zero-order chi connectivity index (χ0) is 16.0. The average Bonchev–Trinajstić information content (AvgIpc) is 2.50. The zero-order valence-electron chi connectivity index (χ0n) is 12.9. The molecule has 0 aliphatic rings. The van der Waals surface area contributed by atoms with E-state index in [1.807, 2.05) is 13.0 Å². The van der Waals surface area contributed by atoms with E-state index in [0.717, 1.165) is 12.0 Å². The molecule has 0 saturated carbocycles. The predicted molar refractivity (Wildman–Crippen MR) is 79.4 cm³/mol. The minimum Gasteiger partial charge on any atom is -0.497 e. The van der Waals surface area contributed by atoms with Gasteiger partial charge in [-0.25, -0.2) is 0 Å². The summed E-state index contributed by atoms with van der Waals surface area (Å²) in [5.74, 6) is 0.694. The molecule has 0 aliphatic heterocycles. The Hall–Kier alpha value is -1.95. The maximum Gasteiger partial charge on any atom is 0.320 e. The monoisotopic (exact) mass is 297 g/mol. The van der Waals surface area contributed by atoms with E-state index >= 15 is 0 Å². The summed E-state index contributed by atoms with van der Waals surface area (Å²) in [5.41, 5.74) is 6.50. The maximum absolute atomic E-state index is 11.0. The van der Waals surface area contributed by atoms with Gasteiger partial charge in [0.15, 0.2) is 11.5 Å². The first-order valence-corrected chi connectivity index (χ1v) is 6.76. The standard InChI is InChI=1S/C15H23NO5/c1-5-9(6-12(16)15(17)18)11-7-10(19-2)8-13(20-3)14(11)21-4/h7-9,12H,5-6,16H2,1-4H3,(H,17,18). The number of rotatable bonds is 8. The lowest BCUT2D eigenvalue weighted by Gasteiger charge is -2.22. The van der Waals surface area contributed by atoms with Crippen LogP contribution in [0.4, 0.5) is 0 Å². The van der Waals surface area contributed by atoms with Crippen LogP contribution in [0.15, 0.2) is 12.1 Å². The molecule has 3 N–H and O–H groups in total. The maximum atomic E-state index is 11.0. The van der Waals surface area contributed by atoms with Gasteiger partial charge in [-0.3, -0.25) is 4.79 Å². The summed E-state index contributed by atoms with van der Waals surface area (Å²) in [7, 11) is 4.66. The van der Waals surface area contributed by atoms with E-state index in [2.05, 4.69) is 0 Å². The van der Waals surface area contributed by atoms with Crippen LogP contribution in [0.5, 0.6) is 17.2 Å². The number of carboxylic acid groups (broad SMARTS) is 1. The number of carboxylic acids is 1. The summed E-state index contributed by atoms with van der Waals surface area (Å²) in [6.45, 7) is 1.98. The van der Waals surface area contributed by atoms with Crippen molar-refractivity contribution in [2.45, 2.75) is 31.7 Å². The van der Waals surface area contributed by atoms with Crippen LogP contribution in [0.3, 0.4) is 0 Å². The van der Waals surface area contributed by atoms with Gasteiger partial charge in [-0.2, -0.15) is 0 Å². The van der Waals surface area contributed by atoms with Crippen molar-refractivity contribution in [2.24, 2.45) is 5.73 Å². The van der Waals surface area contributed by atoms with Crippen LogP contribution < -0.4 is 19.9 Å². The molecule has 0 spiro atoms. The van der Waals surface area contributed by atoms with E-state index in [1.165, 1.54) is 0 Å². The number of ether oxygens (including phenoxy) is 3. The van der Waals surface area contributed by atoms with Gasteiger partial charge >= 0.3 is 5.97 Å². The highest BCUT2D eigenvalue weighted by atomic mass is 16.5. The van der Waals surface area contributed by atoms with E-state index in [1.54, 1.807) is 27.4 Å². The first-order valence-electron chi connectivity index (χ1n) is 6.76. The largest absolute Gasteiger partial charge is 0.497 e. The molecule has 1 rings (SSSR count). The topological polar surface area (TPSA) is 91.0 Å². The normalized spacial score (nSPS) is 13.4. The molecular weight excluding hydrogens is 274 g/mol. The lowest BCUT2D eigenvalue weighted by atomic mass is 9.89. The van der Waals surface area contributed by atoms with E-state index in [9.17, 15) is 4.79 Å². The molecule has 0 radical (unpaired) electrons. The molecular formula is C15H23NO5. The minimum absolute atomic E-state index is 0.0601. The Kier molecular flexibility index (Phi) is 6.30. The first kappa shape index (κ1) is 17.1. The summed E-state index contributed by atoms with van der Waals surface area (Å²) in [6.07, 6.45) is 1.05. The fraction of sp³-hybridized carbons (Fsp3) is 0.533. The molecule has 1 aromatic rings. The second kappa shape index (κ2) is 7.73. The van der Waals surface area contributed by atoms with Gasteiger partial charge in [0.05, 0.1) is 21.3 Å². The third kappa shape index (κ3) is 4.01. The molecule has 0 fully saturated rings. The number of hydrogen-bond donors (Lipinski definition) is 2. The summed E-state index contributed by atoms with van der Waals surface area (Å²) in [6, 6.07) is 2.65. The number of carbonyl (C=O) groups is 1. The van der Waals surface area contributed by atoms with Crippen molar-refractivity contribution in [3.63, 3.8) is 0 Å². The van der Waals surface area contributed by atoms with Crippen molar-refractivity contribution < 1.29 is 24.1 Å². The lowest BCUT2D eigenvalue weighted by Crippen LogP contribution is -2.31. The zero-order valence-corrected chi connectivity index (χ0v) is 12.9. The summed E-state index contributed by atoms with van der Waals surface area (Å²) in [4.78, 5) is 11.0. The van der Waals surface area contributed by atoms with E-state index in [4.69, 9.17) is 25.1 Å². The van der Waals surface area contributed by atoms with Crippen LogP contribution >= 0.6 is 0 Å². The van der Waals surface area contributed by atoms with Gasteiger partial charge < -0.3 is 25.1 Å². The smallest absolute Gasteiger partial charge is 0.320 e. The van der Waals surface area contributed by atoms with Crippen molar-refractivity contribution >= 4 is 5.97 Å². The highest BCUT2D eigenvalue weighted by Crippen LogP contribution is 2.41. The Morgan fingerprint density at radius 3 is 2.33 bits per heavy atom. The van der Waals surface area contributed by atoms with Crippen LogP contribution in [0.1, 0.15) is 31.2 Å². The Morgan fingerprint density at radius 2 is 1.90 bits per heavy atom. The Bertz CT molecular complexity index is 489. The van der Waals surface area contributed by atoms with Gasteiger partial charge in [0.25, 0.3) is 0 Å². The quantitative estimate of drug-likeness (QED) is 0.762. The predicted octanol–water partition coefficient (Wildman–Crippen LogP) is 2.01. The second-order valence-corrected chi connectivity index (χ2v) is 4.74. The highest BCUT2D eigenvalue weighted by Gasteiger charge is 2.24. The third-order valence-corrected chi connectivity index (χ3v) is 3.51. The Balaban J connectivity index is 3.26. The van der Waals surface area contributed by atoms with Gasteiger partial charge in [-0.15, -0.1) is 0 Å². The highest BCUT2D eigenvalue weighted by molar-refractivity contribution is 5.73. The molecule has 1 aromatic carbocycles. The molecule has 2 unspecified atom stereocenters. The summed E-state index contributed by atoms with van der Waals surface area (Å²) >= 11 is 0. The molecule has 0 amide bonds. The van der Waals surface area contributed by atoms with E-state index < -0.39 is 12.0 Å². The molecule has 6 heteroatoms. The molecule has 21 heavy (non-hydrogen) atoms. The van der Waals surface area contributed by atoms with Gasteiger partial charge in [0.1, 0.15) is 11.8 Å². The fourth-order valence-corrected chi connectivity index (χ4v) is 2.31. The lowest BCUT2D eigenvalue weighted by molar-refractivity contribution is -0.138. The van der Waals surface area contributed by atoms with Gasteiger partial charge in [-0.1, -0.05) is 6.92 Å². The van der Waals surface area contributed by atoms with Crippen LogP contribution in [-0.2, 0) is 4.79 Å². The molecule has 0 saturated heterocycles. The van der Waals surface area contributed by atoms with Crippen molar-refractivity contribution in [2.75, 3.05) is 21.3 Å².